The maximum Gasteiger partial charge on any atom is 0.413 e. The van der Waals surface area contributed by atoms with Crippen LogP contribution in [-0.4, -0.2) is 48.4 Å². The number of amides is 1. The fourth-order valence-electron chi connectivity index (χ4n) is 3.45. The molecule has 0 saturated carbocycles. The van der Waals surface area contributed by atoms with Gasteiger partial charge in [-0.05, 0) is 11.1 Å². The Morgan fingerprint density at radius 2 is 1.45 bits per heavy atom. The lowest BCUT2D eigenvalue weighted by molar-refractivity contribution is -0.157. The molecule has 8 heteroatoms. The number of ether oxygens (including phenoxy) is 4. The van der Waals surface area contributed by atoms with Gasteiger partial charge in [0, 0.05) is 20.5 Å². The number of nitrogens with zero attached hydrogens (tertiary/aromatic N) is 1. The van der Waals surface area contributed by atoms with Crippen LogP contribution in [0.3, 0.4) is 0 Å². The minimum Gasteiger partial charge on any atom is -0.459 e. The highest BCUT2D eigenvalue weighted by molar-refractivity contribution is 5.82. The average molecular weight is 427 g/mol. The number of hydrogen-bond donors (Lipinski definition) is 0. The molecular weight excluding hydrogens is 402 g/mol. The van der Waals surface area contributed by atoms with Crippen LogP contribution in [0.2, 0.25) is 0 Å². The molecule has 3 atom stereocenters. The third-order valence-electron chi connectivity index (χ3n) is 4.85. The molecule has 0 aromatic heterocycles. The van der Waals surface area contributed by atoms with E-state index in [0.29, 0.717) is 0 Å². The molecule has 8 nitrogen and oxygen atoms in total. The van der Waals surface area contributed by atoms with Gasteiger partial charge in [-0.1, -0.05) is 60.7 Å². The van der Waals surface area contributed by atoms with Crippen molar-refractivity contribution >= 4 is 18.0 Å². The van der Waals surface area contributed by atoms with Crippen LogP contribution < -0.4 is 0 Å². The van der Waals surface area contributed by atoms with Crippen molar-refractivity contribution in [3.8, 4) is 0 Å². The fraction of sp³-hybridized carbons (Fsp3) is 0.348. The van der Waals surface area contributed by atoms with Crippen molar-refractivity contribution in [2.75, 3.05) is 7.11 Å². The summed E-state index contributed by atoms with van der Waals surface area (Å²) in [6.45, 7) is 1.33. The predicted octanol–water partition coefficient (Wildman–Crippen LogP) is 3.05. The maximum atomic E-state index is 12.9. The molecular formula is C23H25NO7. The van der Waals surface area contributed by atoms with Crippen LogP contribution in [0.1, 0.15) is 24.5 Å². The lowest BCUT2D eigenvalue weighted by Crippen LogP contribution is -2.48. The van der Waals surface area contributed by atoms with Crippen molar-refractivity contribution in [3.63, 3.8) is 0 Å². The second-order valence-electron chi connectivity index (χ2n) is 7.07. The van der Waals surface area contributed by atoms with E-state index in [-0.39, 0.29) is 19.6 Å². The minimum absolute atomic E-state index is 0.0244. The molecule has 0 unspecified atom stereocenters. The first-order valence-corrected chi connectivity index (χ1v) is 9.89. The fourth-order valence-corrected chi connectivity index (χ4v) is 3.45. The standard InChI is InChI=1S/C23H25NO7/c1-16(25)31-20-13-19(22(26)29-14-17-9-5-3-6-10-17)24(21(20)28-2)23(27)30-15-18-11-7-4-8-12-18/h3-12,19-21H,13-15H2,1-2H3/t19-,20-,21-/m0/s1. The summed E-state index contributed by atoms with van der Waals surface area (Å²) in [5.74, 6) is -1.17. The van der Waals surface area contributed by atoms with Crippen LogP contribution >= 0.6 is 0 Å². The molecule has 31 heavy (non-hydrogen) atoms. The zero-order valence-electron chi connectivity index (χ0n) is 17.4. The van der Waals surface area contributed by atoms with Gasteiger partial charge in [0.05, 0.1) is 0 Å². The van der Waals surface area contributed by atoms with Gasteiger partial charge in [-0.25, -0.2) is 9.59 Å². The predicted molar refractivity (Wildman–Crippen MR) is 109 cm³/mol. The van der Waals surface area contributed by atoms with Gasteiger partial charge in [0.2, 0.25) is 0 Å². The molecule has 3 rings (SSSR count). The summed E-state index contributed by atoms with van der Waals surface area (Å²) >= 11 is 0. The molecule has 1 saturated heterocycles. The molecule has 0 radical (unpaired) electrons. The number of rotatable bonds is 7. The van der Waals surface area contributed by atoms with Gasteiger partial charge >= 0.3 is 18.0 Å². The Morgan fingerprint density at radius 1 is 0.903 bits per heavy atom. The Morgan fingerprint density at radius 3 is 1.97 bits per heavy atom. The van der Waals surface area contributed by atoms with Crippen molar-refractivity contribution in [1.82, 2.24) is 4.90 Å². The maximum absolute atomic E-state index is 12.9. The highest BCUT2D eigenvalue weighted by Gasteiger charge is 2.50. The highest BCUT2D eigenvalue weighted by Crippen LogP contribution is 2.30. The molecule has 1 aliphatic rings. The first kappa shape index (κ1) is 22.3. The number of likely N-dealkylation sites (tertiary alicyclic amines) is 1. The highest BCUT2D eigenvalue weighted by atomic mass is 16.6. The van der Waals surface area contributed by atoms with Crippen molar-refractivity contribution in [1.29, 1.82) is 0 Å². The molecule has 0 aliphatic carbocycles. The van der Waals surface area contributed by atoms with E-state index in [1.807, 2.05) is 60.7 Å². The Labute approximate surface area is 180 Å². The molecule has 0 N–H and O–H groups in total. The van der Waals surface area contributed by atoms with Gasteiger partial charge in [0.15, 0.2) is 6.23 Å². The summed E-state index contributed by atoms with van der Waals surface area (Å²) in [7, 11) is 1.37. The van der Waals surface area contributed by atoms with E-state index >= 15 is 0 Å². The zero-order valence-corrected chi connectivity index (χ0v) is 17.4. The summed E-state index contributed by atoms with van der Waals surface area (Å²) < 4.78 is 21.5. The second kappa shape index (κ2) is 10.6. The quantitative estimate of drug-likeness (QED) is 0.495. The van der Waals surface area contributed by atoms with Crippen LogP contribution in [0, 0.1) is 0 Å². The van der Waals surface area contributed by atoms with Gasteiger partial charge < -0.3 is 18.9 Å². The third-order valence-corrected chi connectivity index (χ3v) is 4.85. The molecule has 1 fully saturated rings. The van der Waals surface area contributed by atoms with Crippen molar-refractivity contribution in [2.24, 2.45) is 0 Å². The summed E-state index contributed by atoms with van der Waals surface area (Å²) in [4.78, 5) is 38.4. The summed E-state index contributed by atoms with van der Waals surface area (Å²) in [5.41, 5.74) is 1.61. The lowest BCUT2D eigenvalue weighted by atomic mass is 10.2. The summed E-state index contributed by atoms with van der Waals surface area (Å²) in [6, 6.07) is 17.3. The third kappa shape index (κ3) is 5.82. The summed E-state index contributed by atoms with van der Waals surface area (Å²) in [5, 5.41) is 0. The zero-order chi connectivity index (χ0) is 22.2. The molecule has 164 valence electrons. The average Bonchev–Trinajstić information content (AvgIpc) is 3.15. The Hall–Kier alpha value is -3.39. The largest absolute Gasteiger partial charge is 0.459 e. The van der Waals surface area contributed by atoms with E-state index in [9.17, 15) is 14.4 Å². The first-order chi connectivity index (χ1) is 15.0. The lowest BCUT2D eigenvalue weighted by Gasteiger charge is -2.28. The molecule has 1 amide bonds. The molecule has 1 heterocycles. The number of carbonyl (C=O) groups is 3. The van der Waals surface area contributed by atoms with E-state index in [4.69, 9.17) is 18.9 Å². The minimum atomic E-state index is -1.01. The van der Waals surface area contributed by atoms with E-state index in [1.165, 1.54) is 14.0 Å². The summed E-state index contributed by atoms with van der Waals surface area (Å²) in [6.07, 6.45) is -2.50. The van der Waals surface area contributed by atoms with Crippen molar-refractivity contribution < 1.29 is 33.3 Å². The Kier molecular flexibility index (Phi) is 7.61. The molecule has 2 aromatic rings. The number of methoxy groups -OCH3 is 1. The first-order valence-electron chi connectivity index (χ1n) is 9.89. The van der Waals surface area contributed by atoms with Crippen LogP contribution in [0.5, 0.6) is 0 Å². The normalized spacial score (nSPS) is 20.2. The molecule has 0 bridgehead atoms. The van der Waals surface area contributed by atoms with Crippen LogP contribution in [0.4, 0.5) is 4.79 Å². The second-order valence-corrected chi connectivity index (χ2v) is 7.07. The monoisotopic (exact) mass is 427 g/mol. The topological polar surface area (TPSA) is 91.4 Å². The van der Waals surface area contributed by atoms with Gasteiger partial charge in [-0.3, -0.25) is 9.69 Å². The van der Waals surface area contributed by atoms with E-state index < -0.39 is 36.4 Å². The van der Waals surface area contributed by atoms with E-state index in [0.717, 1.165) is 16.0 Å². The van der Waals surface area contributed by atoms with Gasteiger partial charge in [0.1, 0.15) is 25.4 Å². The van der Waals surface area contributed by atoms with Crippen LogP contribution in [0.25, 0.3) is 0 Å². The van der Waals surface area contributed by atoms with Gasteiger partial charge in [-0.2, -0.15) is 0 Å². The van der Waals surface area contributed by atoms with E-state index in [1.54, 1.807) is 0 Å². The Balaban J connectivity index is 1.73. The van der Waals surface area contributed by atoms with Gasteiger partial charge in [-0.15, -0.1) is 0 Å². The smallest absolute Gasteiger partial charge is 0.413 e. The number of hydrogen-bond acceptors (Lipinski definition) is 7. The van der Waals surface area contributed by atoms with Crippen LogP contribution in [0.15, 0.2) is 60.7 Å². The van der Waals surface area contributed by atoms with Gasteiger partial charge in [0.25, 0.3) is 0 Å². The number of carbonyl (C=O) groups excluding carboxylic acids is 3. The molecule has 0 spiro atoms. The number of benzene rings is 2. The SMILES string of the molecule is CO[C@H]1[C@@H](OC(C)=O)C[C@@H](C(=O)OCc2ccccc2)N1C(=O)OCc1ccccc1. The van der Waals surface area contributed by atoms with Crippen molar-refractivity contribution in [3.05, 3.63) is 71.8 Å². The molecule has 2 aromatic carbocycles. The van der Waals surface area contributed by atoms with E-state index in [2.05, 4.69) is 0 Å². The van der Waals surface area contributed by atoms with Crippen LogP contribution in [-0.2, 0) is 41.8 Å². The number of esters is 2. The Bertz CT molecular complexity index is 887. The molecule has 1 aliphatic heterocycles. The van der Waals surface area contributed by atoms with Crippen molar-refractivity contribution in [2.45, 2.75) is 44.9 Å².